The van der Waals surface area contributed by atoms with Gasteiger partial charge in [-0.3, -0.25) is 4.79 Å². The van der Waals surface area contributed by atoms with Crippen molar-refractivity contribution in [1.29, 1.82) is 0 Å². The summed E-state index contributed by atoms with van der Waals surface area (Å²) in [4.78, 5) is 14.2. The molecule has 4 nitrogen and oxygen atoms in total. The topological polar surface area (TPSA) is 38.8 Å². The minimum Gasteiger partial charge on any atom is -0.493 e. The van der Waals surface area contributed by atoms with E-state index in [0.717, 1.165) is 11.1 Å². The van der Waals surface area contributed by atoms with Crippen molar-refractivity contribution in [2.75, 3.05) is 20.8 Å². The van der Waals surface area contributed by atoms with Gasteiger partial charge in [0.1, 0.15) is 0 Å². The van der Waals surface area contributed by atoms with E-state index >= 15 is 0 Å². The van der Waals surface area contributed by atoms with Crippen LogP contribution in [-0.2, 0) is 11.3 Å². The number of rotatable bonds is 7. The molecule has 0 N–H and O–H groups in total. The second kappa shape index (κ2) is 9.51. The maximum Gasteiger partial charge on any atom is 0.246 e. The summed E-state index contributed by atoms with van der Waals surface area (Å²) in [5.41, 5.74) is 1.77. The van der Waals surface area contributed by atoms with E-state index in [1.165, 1.54) is 0 Å². The molecule has 138 valence electrons. The van der Waals surface area contributed by atoms with Crippen molar-refractivity contribution in [1.82, 2.24) is 4.90 Å². The van der Waals surface area contributed by atoms with E-state index in [1.54, 1.807) is 49.5 Å². The molecule has 0 aliphatic carbocycles. The fraction of sp³-hybridized carbons (Fsp3) is 0.250. The van der Waals surface area contributed by atoms with E-state index in [1.807, 2.05) is 25.1 Å². The molecule has 2 aromatic rings. The van der Waals surface area contributed by atoms with Gasteiger partial charge < -0.3 is 14.4 Å². The molecule has 0 heterocycles. The van der Waals surface area contributed by atoms with Crippen LogP contribution in [0.2, 0.25) is 10.0 Å². The number of amides is 1. The van der Waals surface area contributed by atoms with Crippen molar-refractivity contribution in [3.05, 3.63) is 63.6 Å². The Morgan fingerprint density at radius 2 is 1.77 bits per heavy atom. The number of likely N-dealkylation sites (N-methyl/N-ethyl adjacent to an activating group) is 1. The molecule has 0 aliphatic heterocycles. The van der Waals surface area contributed by atoms with Gasteiger partial charge in [-0.25, -0.2) is 0 Å². The van der Waals surface area contributed by atoms with Gasteiger partial charge in [0.25, 0.3) is 0 Å². The molecule has 6 heteroatoms. The molecule has 0 saturated carbocycles. The Hall–Kier alpha value is -2.17. The molecule has 0 atom stereocenters. The lowest BCUT2D eigenvalue weighted by Crippen LogP contribution is -2.28. The van der Waals surface area contributed by atoms with Gasteiger partial charge >= 0.3 is 0 Å². The van der Waals surface area contributed by atoms with Crippen LogP contribution in [0.3, 0.4) is 0 Å². The number of hydrogen-bond donors (Lipinski definition) is 0. The van der Waals surface area contributed by atoms with Crippen LogP contribution in [0.5, 0.6) is 11.5 Å². The van der Waals surface area contributed by atoms with Crippen LogP contribution in [-0.4, -0.2) is 31.6 Å². The Labute approximate surface area is 163 Å². The number of nitrogens with zero attached hydrogens (tertiary/aromatic N) is 1. The van der Waals surface area contributed by atoms with Crippen LogP contribution in [0.15, 0.2) is 42.5 Å². The van der Waals surface area contributed by atoms with Gasteiger partial charge in [-0.05, 0) is 48.4 Å². The lowest BCUT2D eigenvalue weighted by molar-refractivity contribution is -0.126. The lowest BCUT2D eigenvalue weighted by Gasteiger charge is -2.19. The predicted octanol–water partition coefficient (Wildman–Crippen LogP) is 5.07. The summed E-state index contributed by atoms with van der Waals surface area (Å²) < 4.78 is 10.5. The standard InChI is InChI=1S/C20H21Cl2NO3/c1-4-23(13-15-5-8-16(21)17(22)11-15)20(24)10-7-14-6-9-18(25-2)19(12-14)26-3/h5-12H,4,13H2,1-3H3/b10-7+. The minimum atomic E-state index is -0.0895. The quantitative estimate of drug-likeness (QED) is 0.616. The summed E-state index contributed by atoms with van der Waals surface area (Å²) >= 11 is 12.0. The number of benzene rings is 2. The zero-order valence-corrected chi connectivity index (χ0v) is 16.5. The first-order valence-electron chi connectivity index (χ1n) is 8.11. The van der Waals surface area contributed by atoms with Crippen LogP contribution in [0.1, 0.15) is 18.1 Å². The fourth-order valence-corrected chi connectivity index (χ4v) is 2.75. The van der Waals surface area contributed by atoms with Crippen LogP contribution >= 0.6 is 23.2 Å². The minimum absolute atomic E-state index is 0.0895. The highest BCUT2D eigenvalue weighted by molar-refractivity contribution is 6.42. The first kappa shape index (κ1) is 20.1. The number of hydrogen-bond acceptors (Lipinski definition) is 3. The monoisotopic (exact) mass is 393 g/mol. The van der Waals surface area contributed by atoms with Crippen molar-refractivity contribution in [2.24, 2.45) is 0 Å². The molecule has 0 spiro atoms. The van der Waals surface area contributed by atoms with Crippen molar-refractivity contribution < 1.29 is 14.3 Å². The van der Waals surface area contributed by atoms with E-state index < -0.39 is 0 Å². The summed E-state index contributed by atoms with van der Waals surface area (Å²) in [6.45, 7) is 2.97. The first-order valence-corrected chi connectivity index (χ1v) is 8.87. The SMILES string of the molecule is CCN(Cc1ccc(Cl)c(Cl)c1)C(=O)/C=C/c1ccc(OC)c(OC)c1. The highest BCUT2D eigenvalue weighted by Crippen LogP contribution is 2.28. The number of halogens is 2. The van der Waals surface area contributed by atoms with Crippen molar-refractivity contribution in [2.45, 2.75) is 13.5 Å². The third-order valence-electron chi connectivity index (χ3n) is 3.88. The molecule has 0 unspecified atom stereocenters. The number of methoxy groups -OCH3 is 2. The summed E-state index contributed by atoms with van der Waals surface area (Å²) in [6.07, 6.45) is 3.30. The van der Waals surface area contributed by atoms with E-state index in [4.69, 9.17) is 32.7 Å². The number of carbonyl (C=O) groups excluding carboxylic acids is 1. The van der Waals surface area contributed by atoms with Crippen molar-refractivity contribution in [3.8, 4) is 11.5 Å². The normalized spacial score (nSPS) is 10.8. The zero-order valence-electron chi connectivity index (χ0n) is 15.0. The Morgan fingerprint density at radius 3 is 2.38 bits per heavy atom. The second-order valence-electron chi connectivity index (χ2n) is 5.55. The van der Waals surface area contributed by atoms with E-state index in [2.05, 4.69) is 0 Å². The molecule has 0 bridgehead atoms. The van der Waals surface area contributed by atoms with Crippen LogP contribution in [0.4, 0.5) is 0 Å². The lowest BCUT2D eigenvalue weighted by atomic mass is 10.1. The van der Waals surface area contributed by atoms with Gasteiger partial charge in [0.05, 0.1) is 24.3 Å². The zero-order chi connectivity index (χ0) is 19.1. The third-order valence-corrected chi connectivity index (χ3v) is 4.62. The molecule has 26 heavy (non-hydrogen) atoms. The molecule has 1 amide bonds. The Bertz CT molecular complexity index is 806. The van der Waals surface area contributed by atoms with Crippen molar-refractivity contribution >= 4 is 35.2 Å². The summed E-state index contributed by atoms with van der Waals surface area (Å²) in [6, 6.07) is 10.9. The van der Waals surface area contributed by atoms with E-state index in [-0.39, 0.29) is 5.91 Å². The average Bonchev–Trinajstić information content (AvgIpc) is 2.66. The Morgan fingerprint density at radius 1 is 1.04 bits per heavy atom. The molecule has 0 aliphatic rings. The number of carbonyl (C=O) groups is 1. The fourth-order valence-electron chi connectivity index (χ4n) is 2.43. The highest BCUT2D eigenvalue weighted by Gasteiger charge is 2.10. The highest BCUT2D eigenvalue weighted by atomic mass is 35.5. The Balaban J connectivity index is 2.10. The van der Waals surface area contributed by atoms with Gasteiger partial charge in [0.15, 0.2) is 11.5 Å². The maximum absolute atomic E-state index is 12.5. The summed E-state index contributed by atoms with van der Waals surface area (Å²) in [7, 11) is 3.16. The largest absolute Gasteiger partial charge is 0.493 e. The van der Waals surface area contributed by atoms with Gasteiger partial charge in [0.2, 0.25) is 5.91 Å². The Kier molecular flexibility index (Phi) is 7.37. The van der Waals surface area contributed by atoms with Crippen molar-refractivity contribution in [3.63, 3.8) is 0 Å². The van der Waals surface area contributed by atoms with Crippen LogP contribution < -0.4 is 9.47 Å². The molecular weight excluding hydrogens is 373 g/mol. The molecule has 0 aromatic heterocycles. The molecule has 2 rings (SSSR count). The smallest absolute Gasteiger partial charge is 0.246 e. The van der Waals surface area contributed by atoms with E-state index in [0.29, 0.717) is 34.6 Å². The molecule has 2 aromatic carbocycles. The first-order chi connectivity index (χ1) is 12.5. The van der Waals surface area contributed by atoms with Gasteiger partial charge in [-0.2, -0.15) is 0 Å². The molecular formula is C20H21Cl2NO3. The van der Waals surface area contributed by atoms with Gasteiger partial charge in [-0.15, -0.1) is 0 Å². The maximum atomic E-state index is 12.5. The second-order valence-corrected chi connectivity index (χ2v) is 6.36. The van der Waals surface area contributed by atoms with Crippen LogP contribution in [0, 0.1) is 0 Å². The van der Waals surface area contributed by atoms with Gasteiger partial charge in [0, 0.05) is 19.2 Å². The summed E-state index contributed by atoms with van der Waals surface area (Å²) in [5.74, 6) is 1.17. The average molecular weight is 394 g/mol. The van der Waals surface area contributed by atoms with Gasteiger partial charge in [-0.1, -0.05) is 35.3 Å². The van der Waals surface area contributed by atoms with Crippen LogP contribution in [0.25, 0.3) is 6.08 Å². The molecule has 0 radical (unpaired) electrons. The summed E-state index contributed by atoms with van der Waals surface area (Å²) in [5, 5.41) is 0.978. The van der Waals surface area contributed by atoms with E-state index in [9.17, 15) is 4.79 Å². The third kappa shape index (κ3) is 5.16. The number of ether oxygens (including phenoxy) is 2. The predicted molar refractivity (Wildman–Crippen MR) is 106 cm³/mol. The molecule has 0 fully saturated rings. The molecule has 0 saturated heterocycles.